The first-order valence-corrected chi connectivity index (χ1v) is 7.31. The van der Waals surface area contributed by atoms with E-state index in [9.17, 15) is 4.79 Å². The number of aromatic nitrogens is 1. The van der Waals surface area contributed by atoms with Gasteiger partial charge in [0.1, 0.15) is 0 Å². The van der Waals surface area contributed by atoms with Crippen molar-refractivity contribution in [1.29, 1.82) is 0 Å². The largest absolute Gasteiger partial charge is 0.361 e. The van der Waals surface area contributed by atoms with Gasteiger partial charge in [0, 0.05) is 29.1 Å². The summed E-state index contributed by atoms with van der Waals surface area (Å²) in [5.41, 5.74) is 4.42. The third kappa shape index (κ3) is 2.62. The van der Waals surface area contributed by atoms with Crippen molar-refractivity contribution in [2.75, 3.05) is 0 Å². The third-order valence-corrected chi connectivity index (χ3v) is 4.07. The van der Waals surface area contributed by atoms with E-state index in [4.69, 9.17) is 0 Å². The minimum absolute atomic E-state index is 0.199. The van der Waals surface area contributed by atoms with Crippen LogP contribution in [0.2, 0.25) is 0 Å². The molecule has 2 aromatic carbocycles. The number of ketones is 1. The number of Topliss-reactive ketones (excluding diaryl/α,β-unsaturated/α-hetero) is 1. The molecule has 0 spiro atoms. The van der Waals surface area contributed by atoms with Gasteiger partial charge in [0.2, 0.25) is 0 Å². The molecule has 0 saturated carbocycles. The molecule has 1 N–H and O–H groups in total. The van der Waals surface area contributed by atoms with Crippen molar-refractivity contribution in [3.8, 4) is 0 Å². The number of carbonyl (C=O) groups is 1. The normalized spacial score (nSPS) is 12.5. The Hall–Kier alpha value is -2.35. The molecule has 21 heavy (non-hydrogen) atoms. The monoisotopic (exact) mass is 277 g/mol. The second kappa shape index (κ2) is 5.57. The standard InChI is InChI=1S/C19H19NO/c1-13-7-6-10-16-17(12-20-19(13)16)14(2)11-18(21)15-8-4-3-5-9-15/h3-10,12,14,20H,11H2,1-2H3. The Morgan fingerprint density at radius 1 is 1.10 bits per heavy atom. The first-order chi connectivity index (χ1) is 10.2. The van der Waals surface area contributed by atoms with Gasteiger partial charge >= 0.3 is 0 Å². The van der Waals surface area contributed by atoms with Crippen LogP contribution in [0.5, 0.6) is 0 Å². The maximum atomic E-state index is 12.3. The van der Waals surface area contributed by atoms with Crippen molar-refractivity contribution in [1.82, 2.24) is 4.98 Å². The van der Waals surface area contributed by atoms with Gasteiger partial charge < -0.3 is 4.98 Å². The lowest BCUT2D eigenvalue weighted by Gasteiger charge is -2.10. The predicted molar refractivity (Wildman–Crippen MR) is 86.8 cm³/mol. The van der Waals surface area contributed by atoms with E-state index in [0.29, 0.717) is 6.42 Å². The third-order valence-electron chi connectivity index (χ3n) is 4.07. The first-order valence-electron chi connectivity index (χ1n) is 7.31. The van der Waals surface area contributed by atoms with Gasteiger partial charge in [-0.3, -0.25) is 4.79 Å². The SMILES string of the molecule is Cc1cccc2c(C(C)CC(=O)c3ccccc3)c[nH]c12. The van der Waals surface area contributed by atoms with Crippen molar-refractivity contribution in [2.24, 2.45) is 0 Å². The smallest absolute Gasteiger partial charge is 0.163 e. The summed E-state index contributed by atoms with van der Waals surface area (Å²) >= 11 is 0. The molecule has 0 saturated heterocycles. The second-order valence-electron chi connectivity index (χ2n) is 5.64. The second-order valence-corrected chi connectivity index (χ2v) is 5.64. The van der Waals surface area contributed by atoms with Gasteiger partial charge in [-0.05, 0) is 24.0 Å². The van der Waals surface area contributed by atoms with Crippen molar-refractivity contribution < 1.29 is 4.79 Å². The fourth-order valence-corrected chi connectivity index (χ4v) is 2.87. The maximum Gasteiger partial charge on any atom is 0.163 e. The summed E-state index contributed by atoms with van der Waals surface area (Å²) < 4.78 is 0. The van der Waals surface area contributed by atoms with E-state index in [1.807, 2.05) is 36.5 Å². The molecule has 0 radical (unpaired) electrons. The van der Waals surface area contributed by atoms with E-state index in [-0.39, 0.29) is 11.7 Å². The number of carbonyl (C=O) groups excluding carboxylic acids is 1. The Morgan fingerprint density at radius 3 is 2.62 bits per heavy atom. The van der Waals surface area contributed by atoms with Crippen LogP contribution in [0.3, 0.4) is 0 Å². The Bertz CT molecular complexity index is 771. The van der Waals surface area contributed by atoms with E-state index < -0.39 is 0 Å². The van der Waals surface area contributed by atoms with Crippen LogP contribution in [-0.2, 0) is 0 Å². The fraction of sp³-hybridized carbons (Fsp3) is 0.211. The Labute approximate surface area is 124 Å². The number of hydrogen-bond donors (Lipinski definition) is 1. The van der Waals surface area contributed by atoms with E-state index in [2.05, 4.69) is 37.0 Å². The molecule has 0 amide bonds. The van der Waals surface area contributed by atoms with Crippen LogP contribution in [0, 0.1) is 6.92 Å². The molecule has 0 aliphatic heterocycles. The molecule has 3 rings (SSSR count). The molecular formula is C19H19NO. The summed E-state index contributed by atoms with van der Waals surface area (Å²) in [7, 11) is 0. The quantitative estimate of drug-likeness (QED) is 0.679. The lowest BCUT2D eigenvalue weighted by atomic mass is 9.92. The maximum absolute atomic E-state index is 12.3. The molecule has 0 aliphatic rings. The molecule has 1 aromatic heterocycles. The molecule has 1 atom stereocenters. The Balaban J connectivity index is 1.86. The highest BCUT2D eigenvalue weighted by Gasteiger charge is 2.16. The van der Waals surface area contributed by atoms with Gasteiger partial charge in [-0.15, -0.1) is 0 Å². The van der Waals surface area contributed by atoms with E-state index in [1.165, 1.54) is 22.0 Å². The molecular weight excluding hydrogens is 258 g/mol. The minimum atomic E-state index is 0.199. The number of aromatic amines is 1. The van der Waals surface area contributed by atoms with Crippen LogP contribution >= 0.6 is 0 Å². The van der Waals surface area contributed by atoms with E-state index in [1.54, 1.807) is 0 Å². The minimum Gasteiger partial charge on any atom is -0.361 e. The van der Waals surface area contributed by atoms with Crippen LogP contribution in [0.25, 0.3) is 10.9 Å². The van der Waals surface area contributed by atoms with Crippen LogP contribution in [-0.4, -0.2) is 10.8 Å². The van der Waals surface area contributed by atoms with Crippen LogP contribution in [0.4, 0.5) is 0 Å². The molecule has 2 nitrogen and oxygen atoms in total. The lowest BCUT2D eigenvalue weighted by molar-refractivity contribution is 0.0976. The van der Waals surface area contributed by atoms with Crippen molar-refractivity contribution in [3.63, 3.8) is 0 Å². The average molecular weight is 277 g/mol. The van der Waals surface area contributed by atoms with Crippen LogP contribution in [0.15, 0.2) is 54.7 Å². The molecule has 1 heterocycles. The summed E-state index contributed by atoms with van der Waals surface area (Å²) in [5, 5.41) is 1.23. The van der Waals surface area contributed by atoms with Gasteiger partial charge in [0.25, 0.3) is 0 Å². The van der Waals surface area contributed by atoms with Crippen LogP contribution in [0.1, 0.15) is 40.7 Å². The number of benzene rings is 2. The fourth-order valence-electron chi connectivity index (χ4n) is 2.87. The van der Waals surface area contributed by atoms with Gasteiger partial charge in [0.15, 0.2) is 5.78 Å². The summed E-state index contributed by atoms with van der Waals surface area (Å²) in [6.07, 6.45) is 2.57. The first kappa shape index (κ1) is 13.6. The predicted octanol–water partition coefficient (Wildman–Crippen LogP) is 4.85. The highest BCUT2D eigenvalue weighted by molar-refractivity contribution is 5.97. The lowest BCUT2D eigenvalue weighted by Crippen LogP contribution is -2.04. The molecule has 106 valence electrons. The molecule has 0 bridgehead atoms. The zero-order chi connectivity index (χ0) is 14.8. The van der Waals surface area contributed by atoms with Gasteiger partial charge in [-0.1, -0.05) is 55.5 Å². The number of hydrogen-bond acceptors (Lipinski definition) is 1. The van der Waals surface area contributed by atoms with Crippen molar-refractivity contribution in [2.45, 2.75) is 26.2 Å². The number of H-pyrrole nitrogens is 1. The van der Waals surface area contributed by atoms with Crippen LogP contribution < -0.4 is 0 Å². The van der Waals surface area contributed by atoms with Crippen molar-refractivity contribution >= 4 is 16.7 Å². The topological polar surface area (TPSA) is 32.9 Å². The summed E-state index contributed by atoms with van der Waals surface area (Å²) in [5.74, 6) is 0.401. The molecule has 0 fully saturated rings. The average Bonchev–Trinajstić information content (AvgIpc) is 2.93. The highest BCUT2D eigenvalue weighted by Crippen LogP contribution is 2.29. The Kier molecular flexibility index (Phi) is 3.61. The number of aryl methyl sites for hydroxylation is 1. The molecule has 2 heteroatoms. The zero-order valence-corrected chi connectivity index (χ0v) is 12.4. The highest BCUT2D eigenvalue weighted by atomic mass is 16.1. The van der Waals surface area contributed by atoms with E-state index in [0.717, 1.165) is 5.56 Å². The molecule has 3 aromatic rings. The Morgan fingerprint density at radius 2 is 1.86 bits per heavy atom. The van der Waals surface area contributed by atoms with Gasteiger partial charge in [-0.25, -0.2) is 0 Å². The number of nitrogens with one attached hydrogen (secondary N) is 1. The molecule has 1 unspecified atom stereocenters. The number of rotatable bonds is 4. The van der Waals surface area contributed by atoms with E-state index >= 15 is 0 Å². The van der Waals surface area contributed by atoms with Crippen molar-refractivity contribution in [3.05, 3.63) is 71.4 Å². The summed E-state index contributed by atoms with van der Waals surface area (Å²) in [4.78, 5) is 15.7. The number of para-hydroxylation sites is 1. The van der Waals surface area contributed by atoms with Gasteiger partial charge in [0.05, 0.1) is 0 Å². The number of fused-ring (bicyclic) bond motifs is 1. The zero-order valence-electron chi connectivity index (χ0n) is 12.4. The molecule has 0 aliphatic carbocycles. The van der Waals surface area contributed by atoms with Gasteiger partial charge in [-0.2, -0.15) is 0 Å². The summed E-state index contributed by atoms with van der Waals surface area (Å²) in [6.45, 7) is 4.22. The summed E-state index contributed by atoms with van der Waals surface area (Å²) in [6, 6.07) is 15.8.